The van der Waals surface area contributed by atoms with Gasteiger partial charge in [0, 0.05) is 11.1 Å². The smallest absolute Gasteiger partial charge is 0.307 e. The fraction of sp³-hybridized carbons (Fsp3) is 0.111. The first kappa shape index (κ1) is 15.6. The number of carbonyl (C=O) groups excluding carboxylic acids is 1. The lowest BCUT2D eigenvalue weighted by Crippen LogP contribution is -2.17. The highest BCUT2D eigenvalue weighted by Crippen LogP contribution is 2.32. The van der Waals surface area contributed by atoms with E-state index in [1.54, 1.807) is 37.3 Å². The van der Waals surface area contributed by atoms with E-state index in [2.05, 4.69) is 10.5 Å². The van der Waals surface area contributed by atoms with E-state index in [4.69, 9.17) is 4.42 Å². The van der Waals surface area contributed by atoms with Crippen molar-refractivity contribution in [1.82, 2.24) is 5.43 Å². The number of hydrogen-bond acceptors (Lipinski definition) is 5. The number of aromatic hydroxyl groups is 2. The van der Waals surface area contributed by atoms with Gasteiger partial charge in [-0.3, -0.25) is 4.79 Å². The Hall–Kier alpha value is -3.28. The Balaban J connectivity index is 1.83. The first-order chi connectivity index (χ1) is 11.5. The van der Waals surface area contributed by atoms with Gasteiger partial charge in [-0.2, -0.15) is 5.10 Å². The van der Waals surface area contributed by atoms with Crippen LogP contribution >= 0.6 is 0 Å². The fourth-order valence-electron chi connectivity index (χ4n) is 2.49. The lowest BCUT2D eigenvalue weighted by atomic mass is 10.1. The van der Waals surface area contributed by atoms with Crippen molar-refractivity contribution in [2.45, 2.75) is 13.8 Å². The number of phenolic OH excluding ortho intramolecular Hbond substituents is 2. The molecule has 3 N–H and O–H groups in total. The van der Waals surface area contributed by atoms with Crippen LogP contribution in [0.5, 0.6) is 11.5 Å². The van der Waals surface area contributed by atoms with E-state index >= 15 is 0 Å². The molecule has 0 saturated heterocycles. The molecule has 0 aliphatic heterocycles. The minimum atomic E-state index is -0.536. The van der Waals surface area contributed by atoms with Crippen LogP contribution in [0.2, 0.25) is 0 Å². The summed E-state index contributed by atoms with van der Waals surface area (Å²) in [5.74, 6) is -0.326. The van der Waals surface area contributed by atoms with Crippen molar-refractivity contribution < 1.29 is 19.4 Å². The topological polar surface area (TPSA) is 95.1 Å². The van der Waals surface area contributed by atoms with Crippen molar-refractivity contribution >= 4 is 23.1 Å². The second-order valence-electron chi connectivity index (χ2n) is 5.47. The molecule has 1 amide bonds. The number of furan rings is 1. The fourth-order valence-corrected chi connectivity index (χ4v) is 2.49. The first-order valence-corrected chi connectivity index (χ1v) is 7.31. The molecule has 0 atom stereocenters. The van der Waals surface area contributed by atoms with Gasteiger partial charge in [0.1, 0.15) is 17.1 Å². The van der Waals surface area contributed by atoms with Crippen molar-refractivity contribution in [3.63, 3.8) is 0 Å². The maximum absolute atomic E-state index is 12.2. The molecule has 122 valence electrons. The van der Waals surface area contributed by atoms with Crippen LogP contribution in [-0.4, -0.2) is 22.3 Å². The number of nitrogens with zero attached hydrogens (tertiary/aromatic N) is 1. The van der Waals surface area contributed by atoms with Crippen molar-refractivity contribution in [1.29, 1.82) is 0 Å². The van der Waals surface area contributed by atoms with Gasteiger partial charge in [-0.1, -0.05) is 17.7 Å². The summed E-state index contributed by atoms with van der Waals surface area (Å²) in [6.07, 6.45) is 1.36. The molecule has 0 spiro atoms. The van der Waals surface area contributed by atoms with Crippen LogP contribution < -0.4 is 5.43 Å². The van der Waals surface area contributed by atoms with Crippen molar-refractivity contribution in [2.24, 2.45) is 5.10 Å². The van der Waals surface area contributed by atoms with E-state index in [0.717, 1.165) is 5.56 Å². The number of fused-ring (bicyclic) bond motifs is 1. The van der Waals surface area contributed by atoms with Crippen LogP contribution in [0.4, 0.5) is 0 Å². The molecule has 3 rings (SSSR count). The van der Waals surface area contributed by atoms with Gasteiger partial charge >= 0.3 is 5.91 Å². The quantitative estimate of drug-likeness (QED) is 0.509. The lowest BCUT2D eigenvalue weighted by Gasteiger charge is -2.00. The molecule has 1 heterocycles. The average Bonchev–Trinajstić information content (AvgIpc) is 2.89. The number of aryl methyl sites for hydroxylation is 2. The van der Waals surface area contributed by atoms with Crippen LogP contribution in [0, 0.1) is 13.8 Å². The highest BCUT2D eigenvalue weighted by atomic mass is 16.3. The summed E-state index contributed by atoms with van der Waals surface area (Å²) in [6, 6.07) is 9.93. The predicted octanol–water partition coefficient (Wildman–Crippen LogP) is 3.22. The average molecular weight is 324 g/mol. The van der Waals surface area contributed by atoms with Crippen LogP contribution in [0.15, 0.2) is 45.9 Å². The minimum absolute atomic E-state index is 0.0565. The maximum Gasteiger partial charge on any atom is 0.307 e. The molecule has 6 nitrogen and oxygen atoms in total. The Kier molecular flexibility index (Phi) is 3.95. The molecule has 0 unspecified atom stereocenters. The highest BCUT2D eigenvalue weighted by molar-refractivity contribution is 6.01. The second-order valence-corrected chi connectivity index (χ2v) is 5.47. The number of hydrazone groups is 1. The van der Waals surface area contributed by atoms with Gasteiger partial charge in [0.2, 0.25) is 0 Å². The van der Waals surface area contributed by atoms with E-state index in [1.165, 1.54) is 12.3 Å². The largest absolute Gasteiger partial charge is 0.507 e. The molecular formula is C18H16N2O4. The molecule has 24 heavy (non-hydrogen) atoms. The first-order valence-electron chi connectivity index (χ1n) is 7.31. The zero-order chi connectivity index (χ0) is 17.3. The number of nitrogens with one attached hydrogen (secondary N) is 1. The van der Waals surface area contributed by atoms with Crippen LogP contribution in [-0.2, 0) is 0 Å². The summed E-state index contributed by atoms with van der Waals surface area (Å²) in [7, 11) is 0. The van der Waals surface area contributed by atoms with E-state index in [1.807, 2.05) is 6.92 Å². The van der Waals surface area contributed by atoms with Gasteiger partial charge in [0.05, 0.1) is 11.6 Å². The Morgan fingerprint density at radius 1 is 1.17 bits per heavy atom. The van der Waals surface area contributed by atoms with Gasteiger partial charge in [-0.15, -0.1) is 0 Å². The number of carbonyl (C=O) groups is 1. The minimum Gasteiger partial charge on any atom is -0.507 e. The molecule has 0 aliphatic rings. The molecule has 6 heteroatoms. The second kappa shape index (κ2) is 6.08. The van der Waals surface area contributed by atoms with E-state index in [9.17, 15) is 15.0 Å². The molecular weight excluding hydrogens is 308 g/mol. The summed E-state index contributed by atoms with van der Waals surface area (Å²) >= 11 is 0. The third kappa shape index (κ3) is 2.81. The van der Waals surface area contributed by atoms with Crippen molar-refractivity contribution in [3.05, 3.63) is 58.8 Å². The van der Waals surface area contributed by atoms with Gasteiger partial charge < -0.3 is 14.6 Å². The monoisotopic (exact) mass is 324 g/mol. The zero-order valence-electron chi connectivity index (χ0n) is 13.2. The third-order valence-corrected chi connectivity index (χ3v) is 3.69. The molecule has 3 aromatic rings. The maximum atomic E-state index is 12.2. The standard InChI is InChI=1S/C18H16N2O4/c1-10-6-7-13(21)12(8-10)9-19-20-18(23)17-11(2)16-14(22)4-3-5-15(16)24-17/h3-9,21-22H,1-2H3,(H,20,23). The Labute approximate surface area is 138 Å². The van der Waals surface area contributed by atoms with Gasteiger partial charge in [0.25, 0.3) is 0 Å². The Morgan fingerprint density at radius 3 is 2.71 bits per heavy atom. The van der Waals surface area contributed by atoms with Crippen LogP contribution in [0.1, 0.15) is 27.2 Å². The Bertz CT molecular complexity index is 957. The van der Waals surface area contributed by atoms with Crippen molar-refractivity contribution in [2.75, 3.05) is 0 Å². The zero-order valence-corrected chi connectivity index (χ0v) is 13.2. The number of rotatable bonds is 3. The summed E-state index contributed by atoms with van der Waals surface area (Å²) in [5, 5.41) is 24.0. The summed E-state index contributed by atoms with van der Waals surface area (Å²) in [5.41, 5.74) is 4.78. The molecule has 2 aromatic carbocycles. The molecule has 0 bridgehead atoms. The molecule has 0 radical (unpaired) electrons. The SMILES string of the molecule is Cc1ccc(O)c(C=NNC(=O)c2oc3cccc(O)c3c2C)c1. The normalized spacial score (nSPS) is 11.2. The van der Waals surface area contributed by atoms with Gasteiger partial charge in [-0.25, -0.2) is 5.43 Å². The Morgan fingerprint density at radius 2 is 1.96 bits per heavy atom. The molecule has 0 aliphatic carbocycles. The number of benzene rings is 2. The number of amides is 1. The van der Waals surface area contributed by atoms with Gasteiger partial charge in [0.15, 0.2) is 5.76 Å². The predicted molar refractivity (Wildman–Crippen MR) is 90.5 cm³/mol. The summed E-state index contributed by atoms with van der Waals surface area (Å²) in [6.45, 7) is 3.58. The van der Waals surface area contributed by atoms with Gasteiger partial charge in [-0.05, 0) is 38.1 Å². The summed E-state index contributed by atoms with van der Waals surface area (Å²) < 4.78 is 5.49. The highest BCUT2D eigenvalue weighted by Gasteiger charge is 2.19. The number of hydrogen-bond donors (Lipinski definition) is 3. The number of phenols is 2. The van der Waals surface area contributed by atoms with Crippen LogP contribution in [0.25, 0.3) is 11.0 Å². The lowest BCUT2D eigenvalue weighted by molar-refractivity contribution is 0.0929. The van der Waals surface area contributed by atoms with Crippen LogP contribution in [0.3, 0.4) is 0 Å². The molecule has 0 fully saturated rings. The molecule has 0 saturated carbocycles. The van der Waals surface area contributed by atoms with Crippen molar-refractivity contribution in [3.8, 4) is 11.5 Å². The summed E-state index contributed by atoms with van der Waals surface area (Å²) in [4.78, 5) is 12.2. The van der Waals surface area contributed by atoms with E-state index in [-0.39, 0.29) is 17.3 Å². The van der Waals surface area contributed by atoms with E-state index in [0.29, 0.717) is 22.1 Å². The molecule has 1 aromatic heterocycles. The van der Waals surface area contributed by atoms with E-state index < -0.39 is 5.91 Å². The third-order valence-electron chi connectivity index (χ3n) is 3.69.